The van der Waals surface area contributed by atoms with Crippen molar-refractivity contribution in [3.05, 3.63) is 104 Å². The zero-order valence-corrected chi connectivity index (χ0v) is 22.4. The minimum Gasteiger partial charge on any atom is -0.497 e. The van der Waals surface area contributed by atoms with Gasteiger partial charge in [-0.15, -0.1) is 0 Å². The number of aromatic nitrogens is 3. The number of amides is 1. The number of methoxy groups -OCH3 is 1. The number of hydrogen-bond acceptors (Lipinski definition) is 6. The Balaban J connectivity index is 1.75. The first kappa shape index (κ1) is 27.3. The number of nitrogens with zero attached hydrogens (tertiary/aromatic N) is 2. The van der Waals surface area contributed by atoms with E-state index in [1.54, 1.807) is 38.3 Å². The molecular formula is C29H30N4O6. The molecule has 2 heterocycles. The number of fused-ring (bicyclic) bond motifs is 1. The molecule has 0 aliphatic heterocycles. The van der Waals surface area contributed by atoms with Crippen molar-refractivity contribution in [3.63, 3.8) is 0 Å². The molecule has 202 valence electrons. The van der Waals surface area contributed by atoms with E-state index in [9.17, 15) is 24.3 Å². The molecule has 1 unspecified atom stereocenters. The van der Waals surface area contributed by atoms with Crippen LogP contribution in [0.2, 0.25) is 0 Å². The maximum absolute atomic E-state index is 13.6. The molecule has 0 saturated heterocycles. The summed E-state index contributed by atoms with van der Waals surface area (Å²) >= 11 is 0. The minimum absolute atomic E-state index is 0.000630. The molecule has 0 saturated carbocycles. The number of hydrogen-bond donors (Lipinski definition) is 3. The summed E-state index contributed by atoms with van der Waals surface area (Å²) < 4.78 is 6.12. The number of carbonyl (C=O) groups is 2. The van der Waals surface area contributed by atoms with Crippen molar-refractivity contribution in [3.8, 4) is 5.75 Å². The molecular weight excluding hydrogens is 500 g/mol. The van der Waals surface area contributed by atoms with Crippen LogP contribution in [0.5, 0.6) is 5.75 Å². The molecule has 0 aliphatic rings. The summed E-state index contributed by atoms with van der Waals surface area (Å²) in [7, 11) is 1.57. The molecule has 1 amide bonds. The molecule has 4 rings (SSSR count). The number of H-pyrrole nitrogens is 1. The second kappa shape index (κ2) is 10.6. The Bertz CT molecular complexity index is 1680. The highest BCUT2D eigenvalue weighted by Gasteiger charge is 2.28. The van der Waals surface area contributed by atoms with Crippen LogP contribution in [-0.4, -0.2) is 38.6 Å². The van der Waals surface area contributed by atoms with Crippen LogP contribution in [0.3, 0.4) is 0 Å². The topological polar surface area (TPSA) is 143 Å². The fraction of sp³-hybridized carbons (Fsp3) is 0.276. The average molecular weight is 531 g/mol. The van der Waals surface area contributed by atoms with Gasteiger partial charge in [-0.05, 0) is 53.3 Å². The highest BCUT2D eigenvalue weighted by atomic mass is 16.5. The molecule has 4 aromatic rings. The van der Waals surface area contributed by atoms with Crippen LogP contribution in [0.4, 0.5) is 0 Å². The van der Waals surface area contributed by atoms with Crippen LogP contribution in [-0.2, 0) is 12.0 Å². The van der Waals surface area contributed by atoms with Gasteiger partial charge in [0, 0.05) is 6.54 Å². The smallest absolute Gasteiger partial charge is 0.336 e. The number of carboxylic acid groups (broad SMARTS) is 1. The first-order valence-corrected chi connectivity index (χ1v) is 12.3. The summed E-state index contributed by atoms with van der Waals surface area (Å²) in [4.78, 5) is 58.4. The van der Waals surface area contributed by atoms with Gasteiger partial charge in [0.2, 0.25) is 0 Å². The van der Waals surface area contributed by atoms with Gasteiger partial charge >= 0.3 is 11.7 Å². The van der Waals surface area contributed by atoms with Gasteiger partial charge < -0.3 is 20.1 Å². The monoisotopic (exact) mass is 530 g/mol. The first-order chi connectivity index (χ1) is 18.4. The molecule has 10 nitrogen and oxygen atoms in total. The van der Waals surface area contributed by atoms with E-state index in [-0.39, 0.29) is 28.7 Å². The third-order valence-corrected chi connectivity index (χ3v) is 6.61. The largest absolute Gasteiger partial charge is 0.497 e. The van der Waals surface area contributed by atoms with Crippen LogP contribution < -0.4 is 21.3 Å². The number of carbonyl (C=O) groups excluding carboxylic acids is 1. The van der Waals surface area contributed by atoms with Crippen molar-refractivity contribution in [1.29, 1.82) is 0 Å². The van der Waals surface area contributed by atoms with Crippen LogP contribution in [0.15, 0.2) is 64.3 Å². The highest BCUT2D eigenvalue weighted by Crippen LogP contribution is 2.33. The van der Waals surface area contributed by atoms with Crippen molar-refractivity contribution < 1.29 is 19.4 Å². The quantitative estimate of drug-likeness (QED) is 0.331. The number of aromatic carboxylic acids is 1. The van der Waals surface area contributed by atoms with Gasteiger partial charge in [0.1, 0.15) is 11.4 Å². The number of carboxylic acids is 1. The predicted molar refractivity (Wildman–Crippen MR) is 147 cm³/mol. The molecule has 0 radical (unpaired) electrons. The van der Waals surface area contributed by atoms with Gasteiger partial charge in [-0.3, -0.25) is 14.2 Å². The Morgan fingerprint density at radius 2 is 1.82 bits per heavy atom. The highest BCUT2D eigenvalue weighted by molar-refractivity contribution is 5.95. The zero-order chi connectivity index (χ0) is 28.5. The standard InChI is InChI=1S/C29H30N4O6/c1-16(24-19(27(36)37)7-6-8-21(24)29(2,3)4)33-26(35)20-13-22(30-15-23(20)32-28(33)38)25(34)31-14-17-9-11-18(39-5)12-10-17/h6-13,15-16H,14H2,1-5H3,(H,31,34)(H,32,38)(H,36,37). The van der Waals surface area contributed by atoms with Gasteiger partial charge in [0.15, 0.2) is 0 Å². The fourth-order valence-corrected chi connectivity index (χ4v) is 4.61. The van der Waals surface area contributed by atoms with Gasteiger partial charge in [-0.1, -0.05) is 45.0 Å². The summed E-state index contributed by atoms with van der Waals surface area (Å²) in [5, 5.41) is 12.7. The molecule has 3 N–H and O–H groups in total. The molecule has 0 bridgehead atoms. The maximum Gasteiger partial charge on any atom is 0.336 e. The molecule has 39 heavy (non-hydrogen) atoms. The molecule has 0 spiro atoms. The number of pyridine rings is 1. The maximum atomic E-state index is 13.6. The van der Waals surface area contributed by atoms with Crippen molar-refractivity contribution in [2.24, 2.45) is 0 Å². The van der Waals surface area contributed by atoms with Crippen LogP contribution in [0.1, 0.15) is 71.3 Å². The lowest BCUT2D eigenvalue weighted by Crippen LogP contribution is -2.39. The van der Waals surface area contributed by atoms with Crippen LogP contribution >= 0.6 is 0 Å². The van der Waals surface area contributed by atoms with Crippen molar-refractivity contribution >= 4 is 22.8 Å². The summed E-state index contributed by atoms with van der Waals surface area (Å²) in [6, 6.07) is 12.5. The van der Waals surface area contributed by atoms with Gasteiger partial charge in [0.25, 0.3) is 11.5 Å². The van der Waals surface area contributed by atoms with E-state index < -0.39 is 34.6 Å². The van der Waals surface area contributed by atoms with Gasteiger partial charge in [-0.25, -0.2) is 14.6 Å². The van der Waals surface area contributed by atoms with Crippen LogP contribution in [0.25, 0.3) is 10.9 Å². The van der Waals surface area contributed by atoms with Crippen molar-refractivity contribution in [2.45, 2.75) is 45.7 Å². The van der Waals surface area contributed by atoms with E-state index in [1.165, 1.54) is 18.3 Å². The zero-order valence-electron chi connectivity index (χ0n) is 22.4. The SMILES string of the molecule is COc1ccc(CNC(=O)c2cc3c(=O)n(C(C)c4c(C(=O)O)cccc4C(C)(C)C)c(=O)[nH]c3cn2)cc1. The third-order valence-electron chi connectivity index (χ3n) is 6.61. The second-order valence-corrected chi connectivity index (χ2v) is 10.2. The summed E-state index contributed by atoms with van der Waals surface area (Å²) in [6.07, 6.45) is 1.27. The van der Waals surface area contributed by atoms with E-state index in [0.717, 1.165) is 10.1 Å². The summed E-state index contributed by atoms with van der Waals surface area (Å²) in [6.45, 7) is 7.64. The van der Waals surface area contributed by atoms with Crippen molar-refractivity contribution in [2.75, 3.05) is 7.11 Å². The molecule has 2 aromatic heterocycles. The Morgan fingerprint density at radius 1 is 1.13 bits per heavy atom. The van der Waals surface area contributed by atoms with Gasteiger partial charge in [0.05, 0.1) is 35.8 Å². The molecule has 0 aliphatic carbocycles. The predicted octanol–water partition coefficient (Wildman–Crippen LogP) is 3.63. The molecule has 10 heteroatoms. The average Bonchev–Trinajstić information content (AvgIpc) is 2.90. The minimum atomic E-state index is -1.16. The Morgan fingerprint density at radius 3 is 2.44 bits per heavy atom. The van der Waals surface area contributed by atoms with E-state index >= 15 is 0 Å². The Labute approximate surface area is 224 Å². The third kappa shape index (κ3) is 5.45. The van der Waals surface area contributed by atoms with E-state index in [2.05, 4.69) is 15.3 Å². The summed E-state index contributed by atoms with van der Waals surface area (Å²) in [5.41, 5.74) is 0.272. The summed E-state index contributed by atoms with van der Waals surface area (Å²) in [5.74, 6) is -0.959. The number of rotatable bonds is 7. The van der Waals surface area contributed by atoms with Crippen molar-refractivity contribution in [1.82, 2.24) is 19.9 Å². The number of nitrogens with one attached hydrogen (secondary N) is 2. The van der Waals surface area contributed by atoms with Gasteiger partial charge in [-0.2, -0.15) is 0 Å². The molecule has 1 atom stereocenters. The van der Waals surface area contributed by atoms with E-state index in [1.807, 2.05) is 32.9 Å². The number of aromatic amines is 1. The number of benzene rings is 2. The lowest BCUT2D eigenvalue weighted by atomic mass is 9.80. The lowest BCUT2D eigenvalue weighted by Gasteiger charge is -2.28. The molecule has 2 aromatic carbocycles. The van der Waals surface area contributed by atoms with Crippen LogP contribution in [0, 0.1) is 0 Å². The normalized spacial score (nSPS) is 12.2. The first-order valence-electron chi connectivity index (χ1n) is 12.3. The fourth-order valence-electron chi connectivity index (χ4n) is 4.61. The number of ether oxygens (including phenoxy) is 1. The Kier molecular flexibility index (Phi) is 7.40. The second-order valence-electron chi connectivity index (χ2n) is 10.2. The Hall–Kier alpha value is -4.73. The molecule has 0 fully saturated rings. The van der Waals surface area contributed by atoms with E-state index in [0.29, 0.717) is 16.9 Å². The van der Waals surface area contributed by atoms with E-state index in [4.69, 9.17) is 4.74 Å². The lowest BCUT2D eigenvalue weighted by molar-refractivity contribution is 0.0694.